The molecule has 0 aliphatic heterocycles. The number of rotatable bonds is 6. The summed E-state index contributed by atoms with van der Waals surface area (Å²) < 4.78 is 0.969. The molecule has 1 N–H and O–H groups in total. The molecule has 1 unspecified atom stereocenters. The van der Waals surface area contributed by atoms with E-state index in [0.717, 1.165) is 23.1 Å². The standard InChI is InChI=1S/C18H22BrNO/c1-3-20(17-11-7-4-8-14(17)2)13-12-18(21)15-9-5-6-10-16(15)19/h4-11,18,21H,3,12-13H2,1-2H3. The second kappa shape index (κ2) is 7.62. The fourth-order valence-corrected chi connectivity index (χ4v) is 3.10. The molecule has 2 nitrogen and oxygen atoms in total. The Hall–Kier alpha value is -1.32. The van der Waals surface area contributed by atoms with Crippen LogP contribution in [0.1, 0.15) is 30.6 Å². The van der Waals surface area contributed by atoms with Crippen molar-refractivity contribution in [2.75, 3.05) is 18.0 Å². The molecule has 1 atom stereocenters. The Balaban J connectivity index is 2.04. The number of aryl methyl sites for hydroxylation is 1. The second-order valence-corrected chi connectivity index (χ2v) is 6.05. The van der Waals surface area contributed by atoms with Crippen LogP contribution in [0.2, 0.25) is 0 Å². The van der Waals surface area contributed by atoms with Crippen molar-refractivity contribution in [3.8, 4) is 0 Å². The van der Waals surface area contributed by atoms with E-state index in [0.29, 0.717) is 6.42 Å². The summed E-state index contributed by atoms with van der Waals surface area (Å²) in [6.45, 7) is 6.05. The first-order valence-electron chi connectivity index (χ1n) is 7.36. The number of nitrogens with zero attached hydrogens (tertiary/aromatic N) is 1. The van der Waals surface area contributed by atoms with Crippen molar-refractivity contribution in [1.82, 2.24) is 0 Å². The van der Waals surface area contributed by atoms with Crippen LogP contribution < -0.4 is 4.90 Å². The number of aliphatic hydroxyl groups is 1. The van der Waals surface area contributed by atoms with Crippen LogP contribution in [-0.4, -0.2) is 18.2 Å². The minimum atomic E-state index is -0.446. The van der Waals surface area contributed by atoms with Gasteiger partial charge in [-0.05, 0) is 43.5 Å². The van der Waals surface area contributed by atoms with Crippen LogP contribution in [0, 0.1) is 6.92 Å². The van der Waals surface area contributed by atoms with Gasteiger partial charge in [0.05, 0.1) is 6.10 Å². The molecule has 0 heterocycles. The van der Waals surface area contributed by atoms with E-state index < -0.39 is 6.10 Å². The smallest absolute Gasteiger partial charge is 0.0817 e. The first-order valence-corrected chi connectivity index (χ1v) is 8.15. The number of hydrogen-bond acceptors (Lipinski definition) is 2. The number of para-hydroxylation sites is 1. The fourth-order valence-electron chi connectivity index (χ4n) is 2.55. The second-order valence-electron chi connectivity index (χ2n) is 5.19. The van der Waals surface area contributed by atoms with E-state index in [-0.39, 0.29) is 0 Å². The summed E-state index contributed by atoms with van der Waals surface area (Å²) >= 11 is 3.50. The molecule has 0 saturated heterocycles. The Morgan fingerprint density at radius 1 is 1.10 bits per heavy atom. The maximum atomic E-state index is 10.4. The van der Waals surface area contributed by atoms with E-state index in [1.54, 1.807) is 0 Å². The van der Waals surface area contributed by atoms with Gasteiger partial charge in [-0.15, -0.1) is 0 Å². The van der Waals surface area contributed by atoms with Gasteiger partial charge >= 0.3 is 0 Å². The highest BCUT2D eigenvalue weighted by molar-refractivity contribution is 9.10. The van der Waals surface area contributed by atoms with Gasteiger partial charge in [0.15, 0.2) is 0 Å². The molecule has 0 spiro atoms. The average Bonchev–Trinajstić information content (AvgIpc) is 2.49. The highest BCUT2D eigenvalue weighted by Gasteiger charge is 2.13. The summed E-state index contributed by atoms with van der Waals surface area (Å²) in [6.07, 6.45) is 0.267. The lowest BCUT2D eigenvalue weighted by Gasteiger charge is -2.26. The summed E-state index contributed by atoms with van der Waals surface area (Å²) in [7, 11) is 0. The van der Waals surface area contributed by atoms with Crippen molar-refractivity contribution in [3.05, 3.63) is 64.1 Å². The van der Waals surface area contributed by atoms with E-state index in [1.165, 1.54) is 11.3 Å². The van der Waals surface area contributed by atoms with Crippen LogP contribution in [0.25, 0.3) is 0 Å². The zero-order chi connectivity index (χ0) is 15.2. The molecule has 112 valence electrons. The molecule has 2 rings (SSSR count). The van der Waals surface area contributed by atoms with E-state index in [2.05, 4.69) is 58.9 Å². The summed E-state index contributed by atoms with van der Waals surface area (Å²) in [4.78, 5) is 2.31. The predicted octanol–water partition coefficient (Wildman–Crippen LogP) is 4.71. The van der Waals surface area contributed by atoms with Gasteiger partial charge in [-0.25, -0.2) is 0 Å². The van der Waals surface area contributed by atoms with E-state index >= 15 is 0 Å². The maximum absolute atomic E-state index is 10.4. The lowest BCUT2D eigenvalue weighted by molar-refractivity contribution is 0.168. The number of halogens is 1. The predicted molar refractivity (Wildman–Crippen MR) is 92.8 cm³/mol. The molecule has 0 amide bonds. The minimum Gasteiger partial charge on any atom is -0.388 e. The first-order chi connectivity index (χ1) is 10.1. The molecule has 0 aliphatic carbocycles. The Bertz CT molecular complexity index is 585. The lowest BCUT2D eigenvalue weighted by atomic mass is 10.1. The quantitative estimate of drug-likeness (QED) is 0.817. The zero-order valence-corrected chi connectivity index (χ0v) is 14.2. The maximum Gasteiger partial charge on any atom is 0.0817 e. The summed E-state index contributed by atoms with van der Waals surface area (Å²) in [5, 5.41) is 10.4. The fraction of sp³-hybridized carbons (Fsp3) is 0.333. The van der Waals surface area contributed by atoms with Crippen molar-refractivity contribution >= 4 is 21.6 Å². The van der Waals surface area contributed by atoms with Gasteiger partial charge in [0.25, 0.3) is 0 Å². The number of hydrogen-bond donors (Lipinski definition) is 1. The van der Waals surface area contributed by atoms with Crippen LogP contribution in [0.3, 0.4) is 0 Å². The van der Waals surface area contributed by atoms with Crippen LogP contribution in [-0.2, 0) is 0 Å². The molecule has 0 aromatic heterocycles. The highest BCUT2D eigenvalue weighted by atomic mass is 79.9. The van der Waals surface area contributed by atoms with Crippen molar-refractivity contribution in [2.45, 2.75) is 26.4 Å². The first kappa shape index (κ1) is 16.1. The molecule has 2 aromatic carbocycles. The van der Waals surface area contributed by atoms with Gasteiger partial charge in [0, 0.05) is 23.2 Å². The Morgan fingerprint density at radius 2 is 1.76 bits per heavy atom. The number of anilines is 1. The molecule has 0 radical (unpaired) electrons. The van der Waals surface area contributed by atoms with Crippen LogP contribution in [0.5, 0.6) is 0 Å². The van der Waals surface area contributed by atoms with Crippen molar-refractivity contribution in [2.24, 2.45) is 0 Å². The van der Waals surface area contributed by atoms with Crippen LogP contribution in [0.15, 0.2) is 53.0 Å². The highest BCUT2D eigenvalue weighted by Crippen LogP contribution is 2.27. The molecule has 3 heteroatoms. The normalized spacial score (nSPS) is 12.2. The van der Waals surface area contributed by atoms with Gasteiger partial charge in [0.2, 0.25) is 0 Å². The van der Waals surface area contributed by atoms with Gasteiger partial charge < -0.3 is 10.0 Å². The Morgan fingerprint density at radius 3 is 2.43 bits per heavy atom. The average molecular weight is 348 g/mol. The molecule has 0 aliphatic rings. The third-order valence-corrected chi connectivity index (χ3v) is 4.50. The molecule has 0 saturated carbocycles. The summed E-state index contributed by atoms with van der Waals surface area (Å²) in [6, 6.07) is 16.3. The SMILES string of the molecule is CCN(CCC(O)c1ccccc1Br)c1ccccc1C. The van der Waals surface area contributed by atoms with Crippen molar-refractivity contribution in [3.63, 3.8) is 0 Å². The largest absolute Gasteiger partial charge is 0.388 e. The topological polar surface area (TPSA) is 23.5 Å². The van der Waals surface area contributed by atoms with Crippen molar-refractivity contribution in [1.29, 1.82) is 0 Å². The summed E-state index contributed by atoms with van der Waals surface area (Å²) in [5.74, 6) is 0. The van der Waals surface area contributed by atoms with E-state index in [9.17, 15) is 5.11 Å². The lowest BCUT2D eigenvalue weighted by Crippen LogP contribution is -2.26. The third-order valence-electron chi connectivity index (χ3n) is 3.77. The van der Waals surface area contributed by atoms with Crippen molar-refractivity contribution < 1.29 is 5.11 Å². The molecule has 0 fully saturated rings. The number of benzene rings is 2. The summed E-state index contributed by atoms with van der Waals surface area (Å²) in [5.41, 5.74) is 3.48. The van der Waals surface area contributed by atoms with Gasteiger partial charge in [0.1, 0.15) is 0 Å². The number of aliphatic hydroxyl groups excluding tert-OH is 1. The molecule has 2 aromatic rings. The minimum absolute atomic E-state index is 0.446. The van der Waals surface area contributed by atoms with Crippen LogP contribution in [0.4, 0.5) is 5.69 Å². The Kier molecular flexibility index (Phi) is 5.83. The molecule has 21 heavy (non-hydrogen) atoms. The van der Waals surface area contributed by atoms with Gasteiger partial charge in [-0.2, -0.15) is 0 Å². The van der Waals surface area contributed by atoms with Gasteiger partial charge in [-0.1, -0.05) is 52.3 Å². The third kappa shape index (κ3) is 4.08. The van der Waals surface area contributed by atoms with E-state index in [4.69, 9.17) is 0 Å². The Labute approximate surface area is 135 Å². The molecular weight excluding hydrogens is 326 g/mol. The zero-order valence-electron chi connectivity index (χ0n) is 12.6. The molecular formula is C18H22BrNO. The molecule has 0 bridgehead atoms. The van der Waals surface area contributed by atoms with E-state index in [1.807, 2.05) is 24.3 Å². The van der Waals surface area contributed by atoms with Crippen LogP contribution >= 0.6 is 15.9 Å². The van der Waals surface area contributed by atoms with Gasteiger partial charge in [-0.3, -0.25) is 0 Å². The monoisotopic (exact) mass is 347 g/mol.